The highest BCUT2D eigenvalue weighted by atomic mass is 16.5. The van der Waals surface area contributed by atoms with Crippen molar-refractivity contribution in [1.29, 1.82) is 5.26 Å². The largest absolute Gasteiger partial charge is 0.493 e. The Balaban J connectivity index is 1.43. The predicted octanol–water partition coefficient (Wildman–Crippen LogP) is 4.03. The van der Waals surface area contributed by atoms with Crippen molar-refractivity contribution in [3.05, 3.63) is 59.2 Å². The molecule has 1 atom stereocenters. The molecule has 2 aromatic rings. The fraction of sp³-hybridized carbons (Fsp3) is 0.385. The van der Waals surface area contributed by atoms with Gasteiger partial charge in [0, 0.05) is 55.5 Å². The molecule has 0 radical (unpaired) electrons. The third-order valence-electron chi connectivity index (χ3n) is 5.90. The number of anilines is 1. The molecule has 1 unspecified atom stereocenters. The maximum atomic E-state index is 12.9. The number of nitrogens with zero attached hydrogens (tertiary/aromatic N) is 3. The van der Waals surface area contributed by atoms with E-state index in [1.165, 1.54) is 0 Å². The van der Waals surface area contributed by atoms with Crippen LogP contribution < -0.4 is 14.4 Å². The zero-order chi connectivity index (χ0) is 22.5. The normalized spacial score (nSPS) is 18.1. The quantitative estimate of drug-likeness (QED) is 0.669. The summed E-state index contributed by atoms with van der Waals surface area (Å²) in [6.07, 6.45) is 5.41. The van der Waals surface area contributed by atoms with E-state index in [4.69, 9.17) is 14.7 Å². The van der Waals surface area contributed by atoms with Crippen LogP contribution in [0.2, 0.25) is 0 Å². The minimum Gasteiger partial charge on any atom is -0.493 e. The Morgan fingerprint density at radius 2 is 2.03 bits per heavy atom. The number of amides is 1. The van der Waals surface area contributed by atoms with Crippen LogP contribution in [0.25, 0.3) is 6.08 Å². The Hall–Kier alpha value is -3.46. The van der Waals surface area contributed by atoms with Crippen LogP contribution in [-0.2, 0) is 11.2 Å². The summed E-state index contributed by atoms with van der Waals surface area (Å²) in [5, 5.41) is 8.99. The lowest BCUT2D eigenvalue weighted by atomic mass is 10.1. The van der Waals surface area contributed by atoms with Gasteiger partial charge in [-0.25, -0.2) is 0 Å². The summed E-state index contributed by atoms with van der Waals surface area (Å²) in [4.78, 5) is 17.1. The summed E-state index contributed by atoms with van der Waals surface area (Å²) < 4.78 is 11.7. The van der Waals surface area contributed by atoms with Gasteiger partial charge in [-0.05, 0) is 62.7 Å². The average Bonchev–Trinajstić information content (AvgIpc) is 2.99. The van der Waals surface area contributed by atoms with Crippen LogP contribution in [0, 0.1) is 11.3 Å². The molecule has 6 nitrogen and oxygen atoms in total. The van der Waals surface area contributed by atoms with Crippen LogP contribution in [-0.4, -0.2) is 49.7 Å². The molecular formula is C26H29N3O3. The Kier molecular flexibility index (Phi) is 6.65. The molecule has 0 spiro atoms. The van der Waals surface area contributed by atoms with E-state index >= 15 is 0 Å². The lowest BCUT2D eigenvalue weighted by molar-refractivity contribution is -0.125. The molecule has 2 aliphatic heterocycles. The van der Waals surface area contributed by atoms with E-state index in [1.54, 1.807) is 6.08 Å². The molecule has 6 heteroatoms. The predicted molar refractivity (Wildman–Crippen MR) is 125 cm³/mol. The first-order chi connectivity index (χ1) is 15.6. The number of benzene rings is 2. The summed E-state index contributed by atoms with van der Waals surface area (Å²) in [6, 6.07) is 13.8. The molecule has 1 saturated heterocycles. The van der Waals surface area contributed by atoms with Crippen molar-refractivity contribution >= 4 is 17.7 Å². The third kappa shape index (κ3) is 4.88. The Bertz CT molecular complexity index is 1040. The van der Waals surface area contributed by atoms with E-state index in [0.717, 1.165) is 60.8 Å². The van der Waals surface area contributed by atoms with Gasteiger partial charge in [-0.3, -0.25) is 4.79 Å². The molecule has 0 aliphatic carbocycles. The van der Waals surface area contributed by atoms with E-state index in [-0.39, 0.29) is 12.0 Å². The van der Waals surface area contributed by atoms with Crippen LogP contribution >= 0.6 is 0 Å². The van der Waals surface area contributed by atoms with Crippen molar-refractivity contribution in [2.75, 3.05) is 37.7 Å². The monoisotopic (exact) mass is 431 g/mol. The summed E-state index contributed by atoms with van der Waals surface area (Å²) in [6.45, 7) is 7.61. The Morgan fingerprint density at radius 1 is 1.22 bits per heavy atom. The van der Waals surface area contributed by atoms with Crippen LogP contribution in [0.1, 0.15) is 37.0 Å². The molecule has 0 bridgehead atoms. The SMILES string of the molecule is CCOc1cc2c(cc1/C=C/C(=O)N1CCCN(c3ccc(C#N)cc3)CC1)OC(C)C2. The van der Waals surface area contributed by atoms with E-state index in [2.05, 4.69) is 17.9 Å². The van der Waals surface area contributed by atoms with E-state index in [0.29, 0.717) is 18.7 Å². The van der Waals surface area contributed by atoms with Crippen molar-refractivity contribution < 1.29 is 14.3 Å². The number of hydrogen-bond acceptors (Lipinski definition) is 5. The lowest BCUT2D eigenvalue weighted by Gasteiger charge is -2.23. The molecule has 0 aromatic heterocycles. The average molecular weight is 432 g/mol. The molecule has 2 aliphatic rings. The second kappa shape index (κ2) is 9.78. The number of carbonyl (C=O) groups is 1. The molecule has 32 heavy (non-hydrogen) atoms. The van der Waals surface area contributed by atoms with Gasteiger partial charge < -0.3 is 19.3 Å². The summed E-state index contributed by atoms with van der Waals surface area (Å²) in [7, 11) is 0. The van der Waals surface area contributed by atoms with E-state index in [1.807, 2.05) is 54.3 Å². The zero-order valence-electron chi connectivity index (χ0n) is 18.7. The van der Waals surface area contributed by atoms with Gasteiger partial charge in [0.05, 0.1) is 18.2 Å². The standard InChI is InChI=1S/C26H29N3O3/c1-3-31-24-17-22-15-19(2)32-25(22)16-21(24)7-10-26(30)29-12-4-11-28(13-14-29)23-8-5-20(18-27)6-9-23/h5-10,16-17,19H,3-4,11-15H2,1-2H3/b10-7+. The molecule has 4 rings (SSSR count). The van der Waals surface area contributed by atoms with Crippen LogP contribution in [0.5, 0.6) is 11.5 Å². The molecule has 166 valence electrons. The van der Waals surface area contributed by atoms with Crippen molar-refractivity contribution in [3.63, 3.8) is 0 Å². The van der Waals surface area contributed by atoms with Crippen LogP contribution in [0.3, 0.4) is 0 Å². The number of ether oxygens (including phenoxy) is 2. The maximum absolute atomic E-state index is 12.9. The van der Waals surface area contributed by atoms with Gasteiger partial charge in [0.1, 0.15) is 17.6 Å². The molecule has 2 heterocycles. The Morgan fingerprint density at radius 3 is 2.78 bits per heavy atom. The second-order valence-electron chi connectivity index (χ2n) is 8.22. The minimum atomic E-state index is 0.00362. The third-order valence-corrected chi connectivity index (χ3v) is 5.90. The maximum Gasteiger partial charge on any atom is 0.246 e. The molecule has 2 aromatic carbocycles. The van der Waals surface area contributed by atoms with Gasteiger partial charge in [0.15, 0.2) is 0 Å². The van der Waals surface area contributed by atoms with Crippen molar-refractivity contribution in [2.45, 2.75) is 32.8 Å². The van der Waals surface area contributed by atoms with Gasteiger partial charge in [-0.2, -0.15) is 5.26 Å². The number of carbonyl (C=O) groups excluding carboxylic acids is 1. The molecule has 1 fully saturated rings. The molecule has 0 saturated carbocycles. The summed E-state index contributed by atoms with van der Waals surface area (Å²) in [5.74, 6) is 1.67. The van der Waals surface area contributed by atoms with Gasteiger partial charge in [0.25, 0.3) is 0 Å². The van der Waals surface area contributed by atoms with Crippen LogP contribution in [0.4, 0.5) is 5.69 Å². The van der Waals surface area contributed by atoms with Gasteiger partial charge in [-0.15, -0.1) is 0 Å². The number of fused-ring (bicyclic) bond motifs is 1. The minimum absolute atomic E-state index is 0.00362. The van der Waals surface area contributed by atoms with Gasteiger partial charge >= 0.3 is 0 Å². The van der Waals surface area contributed by atoms with E-state index < -0.39 is 0 Å². The van der Waals surface area contributed by atoms with Gasteiger partial charge in [-0.1, -0.05) is 0 Å². The number of rotatable bonds is 5. The van der Waals surface area contributed by atoms with Crippen LogP contribution in [0.15, 0.2) is 42.5 Å². The topological polar surface area (TPSA) is 65.8 Å². The second-order valence-corrected chi connectivity index (χ2v) is 8.22. The number of hydrogen-bond donors (Lipinski definition) is 0. The first kappa shape index (κ1) is 21.8. The smallest absolute Gasteiger partial charge is 0.246 e. The lowest BCUT2D eigenvalue weighted by Crippen LogP contribution is -2.34. The molecule has 1 amide bonds. The first-order valence-electron chi connectivity index (χ1n) is 11.3. The fourth-order valence-electron chi connectivity index (χ4n) is 4.28. The van der Waals surface area contributed by atoms with Gasteiger partial charge in [0.2, 0.25) is 5.91 Å². The Labute approximate surface area is 189 Å². The highest BCUT2D eigenvalue weighted by Crippen LogP contribution is 2.35. The molecule has 0 N–H and O–H groups in total. The highest BCUT2D eigenvalue weighted by Gasteiger charge is 2.22. The van der Waals surface area contributed by atoms with Crippen molar-refractivity contribution in [1.82, 2.24) is 4.90 Å². The highest BCUT2D eigenvalue weighted by molar-refractivity contribution is 5.92. The summed E-state index contributed by atoms with van der Waals surface area (Å²) in [5.41, 5.74) is 3.76. The zero-order valence-corrected chi connectivity index (χ0v) is 18.7. The van der Waals surface area contributed by atoms with Crippen molar-refractivity contribution in [2.24, 2.45) is 0 Å². The van der Waals surface area contributed by atoms with Crippen molar-refractivity contribution in [3.8, 4) is 17.6 Å². The fourth-order valence-corrected chi connectivity index (χ4v) is 4.28. The first-order valence-corrected chi connectivity index (χ1v) is 11.3. The van der Waals surface area contributed by atoms with E-state index in [9.17, 15) is 4.79 Å². The molecular weight excluding hydrogens is 402 g/mol. The summed E-state index contributed by atoms with van der Waals surface area (Å²) >= 11 is 0. The number of nitriles is 1.